The predicted octanol–water partition coefficient (Wildman–Crippen LogP) is 0.956. The molecule has 4 rings (SSSR count). The van der Waals surface area contributed by atoms with Gasteiger partial charge in [-0.25, -0.2) is 4.79 Å². The van der Waals surface area contributed by atoms with E-state index in [-0.39, 0.29) is 12.1 Å². The third kappa shape index (κ3) is 3.34. The highest BCUT2D eigenvalue weighted by Gasteiger charge is 2.35. The largest absolute Gasteiger partial charge is 0.380 e. The molecule has 1 aliphatic carbocycles. The molecule has 29 heavy (non-hydrogen) atoms. The predicted molar refractivity (Wildman–Crippen MR) is 115 cm³/mol. The number of hydrogen-bond acceptors (Lipinski definition) is 6. The van der Waals surface area contributed by atoms with Gasteiger partial charge in [0.25, 0.3) is 5.56 Å². The first-order valence-electron chi connectivity index (χ1n) is 10.5. The molecule has 158 valence electrons. The lowest BCUT2D eigenvalue weighted by Crippen LogP contribution is -2.44. The number of anilines is 1. The van der Waals surface area contributed by atoms with Gasteiger partial charge < -0.3 is 21.2 Å². The van der Waals surface area contributed by atoms with Crippen molar-refractivity contribution in [3.8, 4) is 0 Å². The Morgan fingerprint density at radius 1 is 1.24 bits per heavy atom. The van der Waals surface area contributed by atoms with Gasteiger partial charge in [0.1, 0.15) is 0 Å². The molecular weight excluding hydrogens is 370 g/mol. The average molecular weight is 402 g/mol. The van der Waals surface area contributed by atoms with Crippen molar-refractivity contribution in [3.63, 3.8) is 0 Å². The molecule has 3 atom stereocenters. The highest BCUT2D eigenvalue weighted by Crippen LogP contribution is 2.38. The third-order valence-electron chi connectivity index (χ3n) is 6.49. The van der Waals surface area contributed by atoms with E-state index in [9.17, 15) is 9.59 Å². The molecule has 2 heterocycles. The van der Waals surface area contributed by atoms with Gasteiger partial charge in [0, 0.05) is 37.5 Å². The number of fused-ring (bicyclic) bond motifs is 1. The second-order valence-electron chi connectivity index (χ2n) is 8.53. The van der Waals surface area contributed by atoms with E-state index in [0.29, 0.717) is 30.4 Å². The maximum absolute atomic E-state index is 12.7. The lowest BCUT2D eigenvalue weighted by molar-refractivity contribution is 0.113. The Morgan fingerprint density at radius 2 is 1.97 bits per heavy atom. The number of nitrogens with two attached hydrogens (primary N) is 2. The van der Waals surface area contributed by atoms with Gasteiger partial charge in [-0.2, -0.15) is 4.68 Å². The zero-order valence-corrected chi connectivity index (χ0v) is 17.4. The molecule has 1 saturated heterocycles. The van der Waals surface area contributed by atoms with Gasteiger partial charge >= 0.3 is 5.69 Å². The second kappa shape index (κ2) is 7.50. The molecule has 8 nitrogen and oxygen atoms in total. The molecule has 0 amide bonds. The summed E-state index contributed by atoms with van der Waals surface area (Å²) in [6.45, 7) is 9.15. The highest BCUT2D eigenvalue weighted by molar-refractivity contribution is 5.87. The number of ether oxygens (including phenoxy) is 1. The fourth-order valence-corrected chi connectivity index (χ4v) is 4.74. The van der Waals surface area contributed by atoms with Gasteiger partial charge in [-0.3, -0.25) is 9.36 Å². The molecule has 1 aromatic carbocycles. The lowest BCUT2D eigenvalue weighted by Gasteiger charge is -2.25. The average Bonchev–Trinajstić information content (AvgIpc) is 3.46. The first kappa shape index (κ1) is 20.0. The Bertz CT molecular complexity index is 1040. The van der Waals surface area contributed by atoms with Crippen LogP contribution >= 0.6 is 0 Å². The first-order chi connectivity index (χ1) is 13.8. The van der Waals surface area contributed by atoms with Crippen LogP contribution in [0.15, 0.2) is 21.7 Å². The van der Waals surface area contributed by atoms with E-state index >= 15 is 0 Å². The molecule has 2 fully saturated rings. The lowest BCUT2D eigenvalue weighted by atomic mass is 9.91. The van der Waals surface area contributed by atoms with Gasteiger partial charge in [0.15, 0.2) is 0 Å². The van der Waals surface area contributed by atoms with Crippen molar-refractivity contribution in [2.75, 3.05) is 37.0 Å². The van der Waals surface area contributed by atoms with Crippen LogP contribution in [-0.4, -0.2) is 41.6 Å². The maximum Gasteiger partial charge on any atom is 0.350 e. The molecular formula is C21H31N5O3. The SMILES string of the molecule is CCOC[C@H](N)[C@H]1CN(c2ccc3c(=O)n(N)c(=O)n(C4CC4)c3c2C)C[C@H]1C. The summed E-state index contributed by atoms with van der Waals surface area (Å²) < 4.78 is 7.99. The third-order valence-corrected chi connectivity index (χ3v) is 6.49. The van der Waals surface area contributed by atoms with Crippen LogP contribution in [0.5, 0.6) is 0 Å². The number of nitrogen functional groups attached to an aromatic ring is 1. The molecule has 1 aliphatic heterocycles. The number of aryl methyl sites for hydroxylation is 1. The number of rotatable bonds is 6. The summed E-state index contributed by atoms with van der Waals surface area (Å²) in [5.41, 5.74) is 8.25. The van der Waals surface area contributed by atoms with Crippen LogP contribution in [-0.2, 0) is 4.74 Å². The van der Waals surface area contributed by atoms with Crippen molar-refractivity contribution >= 4 is 16.6 Å². The monoisotopic (exact) mass is 401 g/mol. The van der Waals surface area contributed by atoms with Crippen LogP contribution in [0.4, 0.5) is 5.69 Å². The van der Waals surface area contributed by atoms with Crippen LogP contribution in [0.1, 0.15) is 38.3 Å². The molecule has 1 aromatic heterocycles. The minimum Gasteiger partial charge on any atom is -0.380 e. The van der Waals surface area contributed by atoms with Crippen molar-refractivity contribution in [1.29, 1.82) is 0 Å². The summed E-state index contributed by atoms with van der Waals surface area (Å²) in [6.07, 6.45) is 1.87. The topological polar surface area (TPSA) is 109 Å². The van der Waals surface area contributed by atoms with Crippen molar-refractivity contribution < 1.29 is 4.74 Å². The van der Waals surface area contributed by atoms with Crippen LogP contribution in [0.25, 0.3) is 10.9 Å². The van der Waals surface area contributed by atoms with Crippen molar-refractivity contribution in [2.45, 2.75) is 45.7 Å². The first-order valence-corrected chi connectivity index (χ1v) is 10.5. The van der Waals surface area contributed by atoms with E-state index in [4.69, 9.17) is 16.3 Å². The Morgan fingerprint density at radius 3 is 2.62 bits per heavy atom. The van der Waals surface area contributed by atoms with Crippen molar-refractivity contribution in [1.82, 2.24) is 9.24 Å². The van der Waals surface area contributed by atoms with Gasteiger partial charge in [0.2, 0.25) is 0 Å². The summed E-state index contributed by atoms with van der Waals surface area (Å²) >= 11 is 0. The molecule has 2 aliphatic rings. The summed E-state index contributed by atoms with van der Waals surface area (Å²) in [7, 11) is 0. The Labute approximate surface area is 170 Å². The van der Waals surface area contributed by atoms with Gasteiger partial charge in [-0.05, 0) is 56.2 Å². The number of aromatic nitrogens is 2. The van der Waals surface area contributed by atoms with Crippen molar-refractivity contribution in [2.24, 2.45) is 17.6 Å². The normalized spacial score (nSPS) is 23.1. The Kier molecular flexibility index (Phi) is 5.16. The second-order valence-corrected chi connectivity index (χ2v) is 8.53. The number of hydrogen-bond donors (Lipinski definition) is 2. The molecule has 2 aromatic rings. The standard InChI is InChI=1S/C21H31N5O3/c1-4-29-11-17(22)16-10-24(9-12(16)2)18-8-7-15-19(13(18)3)25(14-5-6-14)21(28)26(23)20(15)27/h7-8,12,14,16-17H,4-6,9-11,22-23H2,1-3H3/t12-,16+,17+/m1/s1. The van der Waals surface area contributed by atoms with Gasteiger partial charge in [-0.15, -0.1) is 0 Å². The van der Waals surface area contributed by atoms with Gasteiger partial charge in [0.05, 0.1) is 17.5 Å². The fraction of sp³-hybridized carbons (Fsp3) is 0.619. The van der Waals surface area contributed by atoms with Crippen LogP contribution < -0.4 is 27.7 Å². The maximum atomic E-state index is 12.7. The van der Waals surface area contributed by atoms with Crippen molar-refractivity contribution in [3.05, 3.63) is 38.5 Å². The number of benzene rings is 1. The molecule has 0 spiro atoms. The molecule has 8 heteroatoms. The molecule has 0 bridgehead atoms. The molecule has 4 N–H and O–H groups in total. The number of nitrogens with zero attached hydrogens (tertiary/aromatic N) is 3. The van der Waals surface area contributed by atoms with E-state index in [1.165, 1.54) is 0 Å². The van der Waals surface area contributed by atoms with Crippen LogP contribution in [0, 0.1) is 18.8 Å². The van der Waals surface area contributed by atoms with E-state index in [2.05, 4.69) is 11.8 Å². The molecule has 0 unspecified atom stereocenters. The van der Waals surface area contributed by atoms with E-state index < -0.39 is 11.2 Å². The fourth-order valence-electron chi connectivity index (χ4n) is 4.74. The summed E-state index contributed by atoms with van der Waals surface area (Å²) in [5, 5.41) is 0.497. The van der Waals surface area contributed by atoms with E-state index in [1.807, 2.05) is 19.9 Å². The zero-order valence-electron chi connectivity index (χ0n) is 17.4. The van der Waals surface area contributed by atoms with Gasteiger partial charge in [-0.1, -0.05) is 6.92 Å². The smallest absolute Gasteiger partial charge is 0.350 e. The molecule has 1 saturated carbocycles. The van der Waals surface area contributed by atoms with Crippen LogP contribution in [0.2, 0.25) is 0 Å². The van der Waals surface area contributed by atoms with Crippen LogP contribution in [0.3, 0.4) is 0 Å². The molecule has 0 radical (unpaired) electrons. The summed E-state index contributed by atoms with van der Waals surface area (Å²) in [5.74, 6) is 6.54. The minimum atomic E-state index is -0.442. The zero-order chi connectivity index (χ0) is 20.9. The van der Waals surface area contributed by atoms with E-state index in [0.717, 1.165) is 47.4 Å². The highest BCUT2D eigenvalue weighted by atomic mass is 16.5. The summed E-state index contributed by atoms with van der Waals surface area (Å²) in [6, 6.07) is 3.90. The Hall–Kier alpha value is -2.32. The Balaban J connectivity index is 1.76. The quantitative estimate of drug-likeness (QED) is 0.698. The minimum absolute atomic E-state index is 0.00944. The van der Waals surface area contributed by atoms with E-state index in [1.54, 1.807) is 10.6 Å². The summed E-state index contributed by atoms with van der Waals surface area (Å²) in [4.78, 5) is 27.6.